The Morgan fingerprint density at radius 1 is 1.38 bits per heavy atom. The summed E-state index contributed by atoms with van der Waals surface area (Å²) in [5.74, 6) is -0.653. The fourth-order valence-corrected chi connectivity index (χ4v) is 1.63. The Morgan fingerprint density at radius 2 is 2.06 bits per heavy atom. The lowest BCUT2D eigenvalue weighted by atomic mass is 10.0. The van der Waals surface area contributed by atoms with E-state index in [1.807, 2.05) is 0 Å². The molecule has 1 aromatic carbocycles. The number of nitrogens with two attached hydrogens (primary N) is 2. The lowest BCUT2D eigenvalue weighted by Crippen LogP contribution is -2.18. The highest BCUT2D eigenvalue weighted by molar-refractivity contribution is 6.06. The number of hydrogen-bond donors (Lipinski definition) is 2. The van der Waals surface area contributed by atoms with Gasteiger partial charge in [-0.1, -0.05) is 0 Å². The molecule has 0 aliphatic heterocycles. The van der Waals surface area contributed by atoms with E-state index >= 15 is 0 Å². The van der Waals surface area contributed by atoms with Crippen LogP contribution in [0.15, 0.2) is 27.4 Å². The summed E-state index contributed by atoms with van der Waals surface area (Å²) in [7, 11) is 0. The van der Waals surface area contributed by atoms with Gasteiger partial charge in [-0.2, -0.15) is 0 Å². The van der Waals surface area contributed by atoms with Crippen molar-refractivity contribution < 1.29 is 9.21 Å². The molecule has 0 spiro atoms. The van der Waals surface area contributed by atoms with Gasteiger partial charge < -0.3 is 15.9 Å². The van der Waals surface area contributed by atoms with Crippen molar-refractivity contribution in [3.05, 3.63) is 39.7 Å². The van der Waals surface area contributed by atoms with Crippen molar-refractivity contribution in [1.29, 1.82) is 0 Å². The Kier molecular flexibility index (Phi) is 2.16. The molecule has 0 bridgehead atoms. The SMILES string of the molecule is Cc1c(C(N)=O)c2ccc(N)cc2oc1=O. The van der Waals surface area contributed by atoms with Crippen LogP contribution in [0.5, 0.6) is 0 Å². The van der Waals surface area contributed by atoms with E-state index in [0.717, 1.165) is 0 Å². The molecule has 2 rings (SSSR count). The van der Waals surface area contributed by atoms with E-state index in [0.29, 0.717) is 11.1 Å². The molecule has 0 atom stereocenters. The second kappa shape index (κ2) is 3.37. The molecule has 1 amide bonds. The molecule has 5 nitrogen and oxygen atoms in total. The summed E-state index contributed by atoms with van der Waals surface area (Å²) < 4.78 is 5.02. The largest absolute Gasteiger partial charge is 0.422 e. The number of fused-ring (bicyclic) bond motifs is 1. The maximum atomic E-state index is 11.5. The van der Waals surface area contributed by atoms with Gasteiger partial charge >= 0.3 is 5.63 Å². The molecule has 0 unspecified atom stereocenters. The first-order chi connectivity index (χ1) is 7.50. The molecule has 16 heavy (non-hydrogen) atoms. The quantitative estimate of drug-likeness (QED) is 0.545. The Bertz CT molecular complexity index is 643. The van der Waals surface area contributed by atoms with Crippen molar-refractivity contribution in [3.8, 4) is 0 Å². The van der Waals surface area contributed by atoms with Gasteiger partial charge in [-0.3, -0.25) is 4.79 Å². The zero-order chi connectivity index (χ0) is 11.9. The lowest BCUT2D eigenvalue weighted by molar-refractivity contribution is 0.100. The lowest BCUT2D eigenvalue weighted by Gasteiger charge is -2.05. The van der Waals surface area contributed by atoms with E-state index in [1.54, 1.807) is 12.1 Å². The molecule has 0 fully saturated rings. The Balaban J connectivity index is 3.00. The van der Waals surface area contributed by atoms with Crippen molar-refractivity contribution in [2.45, 2.75) is 6.92 Å². The first-order valence-corrected chi connectivity index (χ1v) is 4.63. The van der Waals surface area contributed by atoms with Gasteiger partial charge in [-0.05, 0) is 19.1 Å². The topological polar surface area (TPSA) is 99.3 Å². The molecule has 0 saturated heterocycles. The number of carbonyl (C=O) groups excluding carboxylic acids is 1. The smallest absolute Gasteiger partial charge is 0.339 e. The van der Waals surface area contributed by atoms with Gasteiger partial charge in [-0.25, -0.2) is 4.79 Å². The zero-order valence-corrected chi connectivity index (χ0v) is 8.61. The molecule has 82 valence electrons. The molecule has 0 radical (unpaired) electrons. The maximum absolute atomic E-state index is 11.5. The number of primary amides is 1. The van der Waals surface area contributed by atoms with E-state index in [4.69, 9.17) is 15.9 Å². The average molecular weight is 218 g/mol. The Labute approximate surface area is 90.7 Å². The van der Waals surface area contributed by atoms with E-state index in [1.165, 1.54) is 13.0 Å². The minimum atomic E-state index is -0.653. The summed E-state index contributed by atoms with van der Waals surface area (Å²) in [6.45, 7) is 1.50. The summed E-state index contributed by atoms with van der Waals surface area (Å²) in [5, 5.41) is 0.499. The van der Waals surface area contributed by atoms with Gasteiger partial charge in [0.25, 0.3) is 0 Å². The molecule has 0 aliphatic rings. The molecular weight excluding hydrogens is 208 g/mol. The summed E-state index contributed by atoms with van der Waals surface area (Å²) in [6.07, 6.45) is 0. The number of rotatable bonds is 1. The van der Waals surface area contributed by atoms with Crippen LogP contribution in [0, 0.1) is 6.92 Å². The minimum Gasteiger partial charge on any atom is -0.422 e. The minimum absolute atomic E-state index is 0.186. The van der Waals surface area contributed by atoms with E-state index in [9.17, 15) is 9.59 Å². The van der Waals surface area contributed by atoms with Crippen LogP contribution in [0.1, 0.15) is 15.9 Å². The highest BCUT2D eigenvalue weighted by Gasteiger charge is 2.15. The van der Waals surface area contributed by atoms with Gasteiger partial charge in [0.05, 0.1) is 5.56 Å². The third kappa shape index (κ3) is 1.42. The second-order valence-electron chi connectivity index (χ2n) is 3.51. The van der Waals surface area contributed by atoms with Crippen molar-refractivity contribution in [3.63, 3.8) is 0 Å². The number of nitrogen functional groups attached to an aromatic ring is 1. The third-order valence-electron chi connectivity index (χ3n) is 2.41. The van der Waals surface area contributed by atoms with Crippen LogP contribution in [0.4, 0.5) is 5.69 Å². The molecule has 4 N–H and O–H groups in total. The van der Waals surface area contributed by atoms with Crippen molar-refractivity contribution in [2.75, 3.05) is 5.73 Å². The summed E-state index contributed by atoms with van der Waals surface area (Å²) in [6, 6.07) is 4.72. The molecule has 5 heteroatoms. The normalized spacial score (nSPS) is 10.6. The van der Waals surface area contributed by atoms with E-state index in [2.05, 4.69) is 0 Å². The van der Waals surface area contributed by atoms with Crippen LogP contribution >= 0.6 is 0 Å². The summed E-state index contributed by atoms with van der Waals surface area (Å²) in [4.78, 5) is 22.7. The highest BCUT2D eigenvalue weighted by atomic mass is 16.4. The zero-order valence-electron chi connectivity index (χ0n) is 8.61. The highest BCUT2D eigenvalue weighted by Crippen LogP contribution is 2.21. The van der Waals surface area contributed by atoms with Crippen LogP contribution < -0.4 is 17.1 Å². The molecule has 1 heterocycles. The maximum Gasteiger partial charge on any atom is 0.339 e. The number of anilines is 1. The van der Waals surface area contributed by atoms with Crippen LogP contribution in [0.25, 0.3) is 11.0 Å². The number of benzene rings is 1. The average Bonchev–Trinajstić information content (AvgIpc) is 2.19. The molecule has 0 saturated carbocycles. The van der Waals surface area contributed by atoms with Gasteiger partial charge in [0.2, 0.25) is 5.91 Å². The molecule has 1 aromatic heterocycles. The van der Waals surface area contributed by atoms with Crippen LogP contribution in [-0.4, -0.2) is 5.91 Å². The van der Waals surface area contributed by atoms with Gasteiger partial charge in [-0.15, -0.1) is 0 Å². The molecule has 2 aromatic rings. The predicted octanol–water partition coefficient (Wildman–Crippen LogP) is 0.783. The van der Waals surface area contributed by atoms with Crippen LogP contribution in [-0.2, 0) is 0 Å². The Morgan fingerprint density at radius 3 is 2.69 bits per heavy atom. The fourth-order valence-electron chi connectivity index (χ4n) is 1.63. The predicted molar refractivity (Wildman–Crippen MR) is 60.2 cm³/mol. The van der Waals surface area contributed by atoms with Crippen molar-refractivity contribution in [1.82, 2.24) is 0 Å². The first kappa shape index (κ1) is 10.2. The number of hydrogen-bond acceptors (Lipinski definition) is 4. The van der Waals surface area contributed by atoms with Crippen molar-refractivity contribution >= 4 is 22.6 Å². The van der Waals surface area contributed by atoms with Gasteiger partial charge in [0.15, 0.2) is 0 Å². The number of carbonyl (C=O) groups is 1. The monoisotopic (exact) mass is 218 g/mol. The van der Waals surface area contributed by atoms with Gasteiger partial charge in [0, 0.05) is 22.7 Å². The van der Waals surface area contributed by atoms with E-state index < -0.39 is 11.5 Å². The fraction of sp³-hybridized carbons (Fsp3) is 0.0909. The Hall–Kier alpha value is -2.30. The molecule has 0 aliphatic carbocycles. The summed E-state index contributed by atoms with van der Waals surface area (Å²) >= 11 is 0. The van der Waals surface area contributed by atoms with Crippen LogP contribution in [0.2, 0.25) is 0 Å². The molecular formula is C11H10N2O3. The van der Waals surface area contributed by atoms with Crippen molar-refractivity contribution in [2.24, 2.45) is 5.73 Å². The summed E-state index contributed by atoms with van der Waals surface area (Å²) in [5.41, 5.74) is 11.3. The number of amides is 1. The van der Waals surface area contributed by atoms with E-state index in [-0.39, 0.29) is 16.7 Å². The van der Waals surface area contributed by atoms with Crippen LogP contribution in [0.3, 0.4) is 0 Å². The third-order valence-corrected chi connectivity index (χ3v) is 2.41. The first-order valence-electron chi connectivity index (χ1n) is 4.63. The second-order valence-corrected chi connectivity index (χ2v) is 3.51. The van der Waals surface area contributed by atoms with Gasteiger partial charge in [0.1, 0.15) is 5.58 Å². The standard InChI is InChI=1S/C11H10N2O3/c1-5-9(10(13)14)7-3-2-6(12)4-8(7)16-11(5)15/h2-4H,12H2,1H3,(H2,13,14).